The van der Waals surface area contributed by atoms with Crippen LogP contribution in [0.3, 0.4) is 0 Å². The van der Waals surface area contributed by atoms with E-state index in [2.05, 4.69) is 21.2 Å². The second-order valence-electron chi connectivity index (χ2n) is 4.24. The molecule has 2 aromatic carbocycles. The minimum atomic E-state index is -0.382. The van der Waals surface area contributed by atoms with Gasteiger partial charge < -0.3 is 5.32 Å². The van der Waals surface area contributed by atoms with Gasteiger partial charge in [-0.05, 0) is 36.2 Å². The average molecular weight is 321 g/mol. The molecule has 0 aliphatic carbocycles. The van der Waals surface area contributed by atoms with Crippen molar-refractivity contribution in [2.24, 2.45) is 0 Å². The largest absolute Gasteiger partial charge is 0.381 e. The number of hydrogen-bond donors (Lipinski definition) is 1. The Bertz CT molecular complexity index is 614. The molecule has 0 aromatic heterocycles. The van der Waals surface area contributed by atoms with Crippen molar-refractivity contribution in [2.45, 2.75) is 13.5 Å². The van der Waals surface area contributed by atoms with Gasteiger partial charge in [0.2, 0.25) is 0 Å². The summed E-state index contributed by atoms with van der Waals surface area (Å²) in [6.45, 7) is 2.57. The van der Waals surface area contributed by atoms with Crippen molar-refractivity contribution in [2.75, 3.05) is 5.32 Å². The van der Waals surface area contributed by atoms with Gasteiger partial charge in [0, 0.05) is 28.8 Å². The summed E-state index contributed by atoms with van der Waals surface area (Å²) < 4.78 is 1.06. The van der Waals surface area contributed by atoms with Gasteiger partial charge in [-0.2, -0.15) is 0 Å². The summed E-state index contributed by atoms with van der Waals surface area (Å²) in [5.41, 5.74) is 3.14. The van der Waals surface area contributed by atoms with Crippen molar-refractivity contribution in [3.05, 3.63) is 68.2 Å². The molecule has 0 aliphatic rings. The maximum absolute atomic E-state index is 10.7. The van der Waals surface area contributed by atoms with E-state index in [0.29, 0.717) is 6.54 Å². The van der Waals surface area contributed by atoms with Gasteiger partial charge in [-0.3, -0.25) is 10.1 Å². The topological polar surface area (TPSA) is 55.2 Å². The van der Waals surface area contributed by atoms with Crippen LogP contribution in [0.2, 0.25) is 0 Å². The molecule has 19 heavy (non-hydrogen) atoms. The molecule has 0 heterocycles. The Labute approximate surface area is 119 Å². The van der Waals surface area contributed by atoms with Crippen LogP contribution >= 0.6 is 15.9 Å². The zero-order chi connectivity index (χ0) is 13.8. The predicted molar refractivity (Wildman–Crippen MR) is 79.3 cm³/mol. The van der Waals surface area contributed by atoms with Gasteiger partial charge in [-0.25, -0.2) is 0 Å². The van der Waals surface area contributed by atoms with E-state index < -0.39 is 0 Å². The SMILES string of the molecule is Cc1cc(NCc2cccc([N+](=O)[O-])c2)ccc1Br. The Morgan fingerprint density at radius 3 is 2.74 bits per heavy atom. The molecule has 0 aliphatic heterocycles. The molecule has 0 saturated carbocycles. The van der Waals surface area contributed by atoms with E-state index in [9.17, 15) is 10.1 Å². The summed E-state index contributed by atoms with van der Waals surface area (Å²) in [5, 5.41) is 13.9. The maximum atomic E-state index is 10.7. The molecular formula is C14H13BrN2O2. The van der Waals surface area contributed by atoms with Crippen molar-refractivity contribution < 1.29 is 4.92 Å². The van der Waals surface area contributed by atoms with Gasteiger partial charge in [0.1, 0.15) is 0 Å². The second kappa shape index (κ2) is 5.84. The van der Waals surface area contributed by atoms with E-state index in [4.69, 9.17) is 0 Å². The first-order valence-electron chi connectivity index (χ1n) is 5.79. The number of aryl methyl sites for hydroxylation is 1. The number of hydrogen-bond acceptors (Lipinski definition) is 3. The molecular weight excluding hydrogens is 308 g/mol. The minimum absolute atomic E-state index is 0.117. The van der Waals surface area contributed by atoms with Crippen LogP contribution in [0.1, 0.15) is 11.1 Å². The highest BCUT2D eigenvalue weighted by molar-refractivity contribution is 9.10. The van der Waals surface area contributed by atoms with Crippen molar-refractivity contribution in [1.82, 2.24) is 0 Å². The molecule has 0 amide bonds. The van der Waals surface area contributed by atoms with Crippen molar-refractivity contribution in [3.63, 3.8) is 0 Å². The number of benzene rings is 2. The first kappa shape index (κ1) is 13.5. The van der Waals surface area contributed by atoms with Gasteiger partial charge in [0.05, 0.1) is 4.92 Å². The second-order valence-corrected chi connectivity index (χ2v) is 5.10. The van der Waals surface area contributed by atoms with Crippen LogP contribution in [0.25, 0.3) is 0 Å². The fourth-order valence-corrected chi connectivity index (χ4v) is 1.99. The van der Waals surface area contributed by atoms with Gasteiger partial charge in [0.25, 0.3) is 5.69 Å². The van der Waals surface area contributed by atoms with Crippen LogP contribution in [0.5, 0.6) is 0 Å². The third-order valence-electron chi connectivity index (χ3n) is 2.78. The maximum Gasteiger partial charge on any atom is 0.269 e. The highest BCUT2D eigenvalue weighted by Crippen LogP contribution is 2.21. The molecule has 0 bridgehead atoms. The molecule has 5 heteroatoms. The van der Waals surface area contributed by atoms with Crippen molar-refractivity contribution >= 4 is 27.3 Å². The van der Waals surface area contributed by atoms with Crippen LogP contribution in [0.4, 0.5) is 11.4 Å². The zero-order valence-electron chi connectivity index (χ0n) is 10.4. The minimum Gasteiger partial charge on any atom is -0.381 e. The van der Waals surface area contributed by atoms with E-state index >= 15 is 0 Å². The molecule has 2 aromatic rings. The van der Waals surface area contributed by atoms with E-state index in [1.807, 2.05) is 31.2 Å². The Kier molecular flexibility index (Phi) is 4.16. The molecule has 4 nitrogen and oxygen atoms in total. The predicted octanol–water partition coefficient (Wildman–Crippen LogP) is 4.28. The number of rotatable bonds is 4. The molecule has 0 spiro atoms. The van der Waals surface area contributed by atoms with Crippen LogP contribution in [-0.2, 0) is 6.54 Å². The molecule has 0 fully saturated rings. The lowest BCUT2D eigenvalue weighted by Crippen LogP contribution is -2.00. The van der Waals surface area contributed by atoms with Gasteiger partial charge >= 0.3 is 0 Å². The van der Waals surface area contributed by atoms with Crippen LogP contribution in [-0.4, -0.2) is 4.92 Å². The number of halogens is 1. The number of anilines is 1. The quantitative estimate of drug-likeness (QED) is 0.675. The zero-order valence-corrected chi connectivity index (χ0v) is 12.0. The lowest BCUT2D eigenvalue weighted by molar-refractivity contribution is -0.384. The van der Waals surface area contributed by atoms with Crippen molar-refractivity contribution in [1.29, 1.82) is 0 Å². The molecule has 0 unspecified atom stereocenters. The summed E-state index contributed by atoms with van der Waals surface area (Å²) in [4.78, 5) is 10.3. The molecule has 1 N–H and O–H groups in total. The fourth-order valence-electron chi connectivity index (χ4n) is 1.74. The Balaban J connectivity index is 2.07. The van der Waals surface area contributed by atoms with Gasteiger partial charge in [-0.15, -0.1) is 0 Å². The van der Waals surface area contributed by atoms with E-state index in [0.717, 1.165) is 21.3 Å². The first-order chi connectivity index (χ1) is 9.06. The summed E-state index contributed by atoms with van der Waals surface area (Å²) in [7, 11) is 0. The van der Waals surface area contributed by atoms with E-state index in [-0.39, 0.29) is 10.6 Å². The summed E-state index contributed by atoms with van der Waals surface area (Å²) in [6, 6.07) is 12.6. The van der Waals surface area contributed by atoms with Crippen LogP contribution in [0, 0.1) is 17.0 Å². The molecule has 0 atom stereocenters. The number of nitrogens with zero attached hydrogens (tertiary/aromatic N) is 1. The van der Waals surface area contributed by atoms with Crippen LogP contribution in [0.15, 0.2) is 46.9 Å². The van der Waals surface area contributed by atoms with E-state index in [1.165, 1.54) is 6.07 Å². The number of nitro benzene ring substituents is 1. The van der Waals surface area contributed by atoms with E-state index in [1.54, 1.807) is 12.1 Å². The normalized spacial score (nSPS) is 10.2. The monoisotopic (exact) mass is 320 g/mol. The molecule has 0 saturated heterocycles. The average Bonchev–Trinajstić information content (AvgIpc) is 2.40. The number of nitrogens with one attached hydrogen (secondary N) is 1. The van der Waals surface area contributed by atoms with Gasteiger partial charge in [0.15, 0.2) is 0 Å². The highest BCUT2D eigenvalue weighted by Gasteiger charge is 2.05. The lowest BCUT2D eigenvalue weighted by Gasteiger charge is -2.08. The molecule has 98 valence electrons. The molecule has 0 radical (unpaired) electrons. The Hall–Kier alpha value is -1.88. The Morgan fingerprint density at radius 2 is 2.05 bits per heavy atom. The summed E-state index contributed by atoms with van der Waals surface area (Å²) in [5.74, 6) is 0. The third-order valence-corrected chi connectivity index (χ3v) is 3.67. The van der Waals surface area contributed by atoms with Crippen LogP contribution < -0.4 is 5.32 Å². The van der Waals surface area contributed by atoms with Gasteiger partial charge in [-0.1, -0.05) is 28.1 Å². The number of non-ortho nitro benzene ring substituents is 1. The standard InChI is InChI=1S/C14H13BrN2O2/c1-10-7-12(5-6-14(10)15)16-9-11-3-2-4-13(8-11)17(18)19/h2-8,16H,9H2,1H3. The van der Waals surface area contributed by atoms with Crippen molar-refractivity contribution in [3.8, 4) is 0 Å². The smallest absolute Gasteiger partial charge is 0.269 e. The highest BCUT2D eigenvalue weighted by atomic mass is 79.9. The molecule has 2 rings (SSSR count). The Morgan fingerprint density at radius 1 is 1.26 bits per heavy atom. The summed E-state index contributed by atoms with van der Waals surface area (Å²) in [6.07, 6.45) is 0. The fraction of sp³-hybridized carbons (Fsp3) is 0.143. The number of nitro groups is 1. The third kappa shape index (κ3) is 3.54. The first-order valence-corrected chi connectivity index (χ1v) is 6.59. The summed E-state index contributed by atoms with van der Waals surface area (Å²) >= 11 is 3.45. The lowest BCUT2D eigenvalue weighted by atomic mass is 10.2.